The molecule has 1 amide bonds. The van der Waals surface area contributed by atoms with Crippen molar-refractivity contribution in [1.29, 1.82) is 0 Å². The Labute approximate surface area is 142 Å². The van der Waals surface area contributed by atoms with Gasteiger partial charge in [-0.15, -0.1) is 0 Å². The van der Waals surface area contributed by atoms with E-state index in [0.717, 1.165) is 11.0 Å². The number of rotatable bonds is 3. The first-order valence-electron chi connectivity index (χ1n) is 7.81. The lowest BCUT2D eigenvalue weighted by Crippen LogP contribution is -2.22. The number of benzene rings is 2. The summed E-state index contributed by atoms with van der Waals surface area (Å²) in [6.07, 6.45) is 3.12. The molecule has 2 aromatic heterocycles. The summed E-state index contributed by atoms with van der Waals surface area (Å²) in [6.45, 7) is 0.0551. The Kier molecular flexibility index (Phi) is 3.70. The molecule has 4 rings (SSSR count). The molecule has 0 unspecified atom stereocenters. The normalized spacial score (nSPS) is 10.9. The van der Waals surface area contributed by atoms with Crippen LogP contribution in [0.5, 0.6) is 0 Å². The van der Waals surface area contributed by atoms with Gasteiger partial charge in [0.1, 0.15) is 6.54 Å². The van der Waals surface area contributed by atoms with Gasteiger partial charge in [-0.25, -0.2) is 9.97 Å². The van der Waals surface area contributed by atoms with Crippen LogP contribution in [0.2, 0.25) is 0 Å². The highest BCUT2D eigenvalue weighted by atomic mass is 16.2. The van der Waals surface area contributed by atoms with Crippen LogP contribution >= 0.6 is 0 Å². The molecule has 0 radical (unpaired) electrons. The van der Waals surface area contributed by atoms with Crippen molar-refractivity contribution >= 4 is 33.7 Å². The van der Waals surface area contributed by atoms with E-state index in [-0.39, 0.29) is 23.8 Å². The van der Waals surface area contributed by atoms with Crippen molar-refractivity contribution in [2.45, 2.75) is 6.54 Å². The number of fused-ring (bicyclic) bond motifs is 2. The first kappa shape index (κ1) is 15.0. The van der Waals surface area contributed by atoms with Crippen LogP contribution in [0.25, 0.3) is 21.8 Å². The van der Waals surface area contributed by atoms with E-state index in [4.69, 9.17) is 0 Å². The Morgan fingerprint density at radius 3 is 2.04 bits per heavy atom. The number of anilines is 1. The van der Waals surface area contributed by atoms with Gasteiger partial charge in [0.15, 0.2) is 5.43 Å². The smallest absolute Gasteiger partial charge is 0.246 e. The molecule has 0 spiro atoms. The molecule has 122 valence electrons. The maximum Gasteiger partial charge on any atom is 0.246 e. The highest BCUT2D eigenvalue weighted by Crippen LogP contribution is 2.19. The molecule has 0 aliphatic rings. The molecule has 0 atom stereocenters. The van der Waals surface area contributed by atoms with E-state index in [9.17, 15) is 9.59 Å². The highest BCUT2D eigenvalue weighted by molar-refractivity contribution is 5.96. The van der Waals surface area contributed by atoms with Gasteiger partial charge >= 0.3 is 0 Å². The number of nitrogens with zero attached hydrogens (tertiary/aromatic N) is 3. The zero-order valence-electron chi connectivity index (χ0n) is 13.2. The summed E-state index contributed by atoms with van der Waals surface area (Å²) in [4.78, 5) is 33.1. The van der Waals surface area contributed by atoms with E-state index in [1.54, 1.807) is 30.6 Å². The Hall–Kier alpha value is -3.54. The van der Waals surface area contributed by atoms with E-state index in [1.165, 1.54) is 0 Å². The molecule has 0 saturated carbocycles. The van der Waals surface area contributed by atoms with Gasteiger partial charge in [-0.3, -0.25) is 14.9 Å². The number of amides is 1. The second-order valence-corrected chi connectivity index (χ2v) is 5.57. The lowest BCUT2D eigenvalue weighted by molar-refractivity contribution is -0.116. The van der Waals surface area contributed by atoms with Crippen LogP contribution in [0, 0.1) is 0 Å². The monoisotopic (exact) mass is 330 g/mol. The van der Waals surface area contributed by atoms with Gasteiger partial charge in [-0.2, -0.15) is 0 Å². The van der Waals surface area contributed by atoms with Crippen molar-refractivity contribution in [3.63, 3.8) is 0 Å². The first-order chi connectivity index (χ1) is 12.2. The minimum Gasteiger partial charge on any atom is -0.331 e. The fourth-order valence-corrected chi connectivity index (χ4v) is 2.92. The van der Waals surface area contributed by atoms with Crippen molar-refractivity contribution in [2.75, 3.05) is 5.32 Å². The molecule has 2 heterocycles. The summed E-state index contributed by atoms with van der Waals surface area (Å²) in [5.41, 5.74) is 1.40. The van der Waals surface area contributed by atoms with Gasteiger partial charge in [-0.1, -0.05) is 24.3 Å². The Bertz CT molecular complexity index is 1080. The average molecular weight is 330 g/mol. The molecule has 0 bridgehead atoms. The number of aromatic nitrogens is 3. The zero-order valence-corrected chi connectivity index (χ0v) is 13.2. The second-order valence-electron chi connectivity index (χ2n) is 5.57. The Morgan fingerprint density at radius 2 is 1.44 bits per heavy atom. The van der Waals surface area contributed by atoms with E-state index < -0.39 is 0 Å². The molecule has 2 aromatic carbocycles. The number of hydrogen-bond donors (Lipinski definition) is 1. The van der Waals surface area contributed by atoms with Crippen molar-refractivity contribution in [2.24, 2.45) is 0 Å². The Balaban J connectivity index is 1.83. The number of carbonyl (C=O) groups excluding carboxylic acids is 1. The topological polar surface area (TPSA) is 76.9 Å². The summed E-state index contributed by atoms with van der Waals surface area (Å²) in [5.74, 6) is -0.00712. The lowest BCUT2D eigenvalue weighted by Gasteiger charge is -2.14. The Morgan fingerprint density at radius 1 is 0.880 bits per heavy atom. The molecule has 25 heavy (non-hydrogen) atoms. The number of hydrogen-bond acceptors (Lipinski definition) is 4. The van der Waals surface area contributed by atoms with Crippen LogP contribution in [-0.2, 0) is 11.3 Å². The van der Waals surface area contributed by atoms with Crippen LogP contribution in [0.3, 0.4) is 0 Å². The molecule has 1 N–H and O–H groups in total. The van der Waals surface area contributed by atoms with Gasteiger partial charge < -0.3 is 4.57 Å². The van der Waals surface area contributed by atoms with Crippen LogP contribution in [0.4, 0.5) is 5.95 Å². The summed E-state index contributed by atoms with van der Waals surface area (Å²) in [7, 11) is 0. The third-order valence-electron chi connectivity index (χ3n) is 4.00. The molecule has 6 heteroatoms. The summed E-state index contributed by atoms with van der Waals surface area (Å²) in [6, 6.07) is 16.3. The minimum atomic E-state index is -0.259. The van der Waals surface area contributed by atoms with Gasteiger partial charge in [0.25, 0.3) is 0 Å². The first-order valence-corrected chi connectivity index (χ1v) is 7.81. The van der Waals surface area contributed by atoms with Crippen molar-refractivity contribution < 1.29 is 4.79 Å². The molecule has 4 aromatic rings. The maximum absolute atomic E-state index is 12.7. The number of carbonyl (C=O) groups is 1. The molecule has 0 aliphatic heterocycles. The standard InChI is InChI=1S/C19H14N4O2/c24-17(22-19-20-10-5-11-21-19)12-23-15-8-3-1-6-13(15)18(25)14-7-2-4-9-16(14)23/h1-11H,12H2,(H,20,21,22,24). The van der Waals surface area contributed by atoms with Gasteiger partial charge in [-0.05, 0) is 30.3 Å². The van der Waals surface area contributed by atoms with Crippen molar-refractivity contribution in [3.05, 3.63) is 77.2 Å². The van der Waals surface area contributed by atoms with Gasteiger partial charge in [0.05, 0.1) is 11.0 Å². The third-order valence-corrected chi connectivity index (χ3v) is 4.00. The van der Waals surface area contributed by atoms with Crippen LogP contribution < -0.4 is 10.7 Å². The quantitative estimate of drug-likeness (QED) is 0.586. The van der Waals surface area contributed by atoms with Crippen LogP contribution in [-0.4, -0.2) is 20.4 Å². The fraction of sp³-hybridized carbons (Fsp3) is 0.0526. The van der Waals surface area contributed by atoms with Crippen LogP contribution in [0.1, 0.15) is 0 Å². The fourth-order valence-electron chi connectivity index (χ4n) is 2.92. The van der Waals surface area contributed by atoms with E-state index in [1.807, 2.05) is 41.0 Å². The van der Waals surface area contributed by atoms with E-state index in [2.05, 4.69) is 15.3 Å². The van der Waals surface area contributed by atoms with Gasteiger partial charge in [0, 0.05) is 23.2 Å². The number of para-hydroxylation sites is 2. The zero-order chi connectivity index (χ0) is 17.2. The van der Waals surface area contributed by atoms with Crippen molar-refractivity contribution in [1.82, 2.24) is 14.5 Å². The third kappa shape index (κ3) is 2.74. The second kappa shape index (κ2) is 6.16. The molecule has 0 fully saturated rings. The molecule has 0 aliphatic carbocycles. The summed E-state index contributed by atoms with van der Waals surface area (Å²) >= 11 is 0. The van der Waals surface area contributed by atoms with Gasteiger partial charge in [0.2, 0.25) is 11.9 Å². The maximum atomic E-state index is 12.7. The molecule has 0 saturated heterocycles. The predicted octanol–water partition coefficient (Wildman–Crippen LogP) is 2.58. The summed E-state index contributed by atoms with van der Waals surface area (Å²) in [5, 5.41) is 3.85. The van der Waals surface area contributed by atoms with Crippen LogP contribution in [0.15, 0.2) is 71.8 Å². The van der Waals surface area contributed by atoms with E-state index in [0.29, 0.717) is 10.8 Å². The largest absolute Gasteiger partial charge is 0.331 e. The lowest BCUT2D eigenvalue weighted by atomic mass is 10.1. The van der Waals surface area contributed by atoms with Crippen molar-refractivity contribution in [3.8, 4) is 0 Å². The minimum absolute atomic E-state index is 0.0331. The molecule has 6 nitrogen and oxygen atoms in total. The molecular formula is C19H14N4O2. The average Bonchev–Trinajstić information content (AvgIpc) is 2.66. The highest BCUT2D eigenvalue weighted by Gasteiger charge is 2.13. The predicted molar refractivity (Wildman–Crippen MR) is 96.4 cm³/mol. The van der Waals surface area contributed by atoms with E-state index >= 15 is 0 Å². The number of nitrogens with one attached hydrogen (secondary N) is 1. The summed E-state index contributed by atoms with van der Waals surface area (Å²) < 4.78 is 1.84. The SMILES string of the molecule is O=C(Cn1c2ccccc2c(=O)c2ccccc21)Nc1ncccn1. The number of pyridine rings is 1. The molecular weight excluding hydrogens is 316 g/mol.